The highest BCUT2D eigenvalue weighted by molar-refractivity contribution is 5.99. The minimum atomic E-state index is 1.34. The zero-order valence-corrected chi connectivity index (χ0v) is 11.5. The Morgan fingerprint density at radius 3 is 0.833 bits per heavy atom. The van der Waals surface area contributed by atoms with Crippen molar-refractivity contribution < 1.29 is 0 Å². The first-order valence-electron chi connectivity index (χ1n) is 6.46. The van der Waals surface area contributed by atoms with Crippen LogP contribution in [-0.4, -0.2) is 0 Å². The molecule has 3 aromatic carbocycles. The summed E-state index contributed by atoms with van der Waals surface area (Å²) < 4.78 is 0. The van der Waals surface area contributed by atoms with Gasteiger partial charge in [-0.15, -0.1) is 0 Å². The van der Waals surface area contributed by atoms with Crippen molar-refractivity contribution in [2.75, 3.05) is 0 Å². The number of fused-ring (bicyclic) bond motifs is 2. The van der Waals surface area contributed by atoms with Gasteiger partial charge in [-0.1, -0.05) is 24.3 Å². The molecule has 18 heavy (non-hydrogen) atoms. The SMILES string of the molecule is Cc1cc2cc3cc(C)c(C)cc3cc2cc1C. The highest BCUT2D eigenvalue weighted by Crippen LogP contribution is 2.27. The van der Waals surface area contributed by atoms with Crippen LogP contribution in [0.3, 0.4) is 0 Å². The number of rotatable bonds is 0. The second-order valence-corrected chi connectivity index (χ2v) is 5.42. The molecule has 0 unspecified atom stereocenters. The maximum atomic E-state index is 2.31. The van der Waals surface area contributed by atoms with Crippen LogP contribution < -0.4 is 0 Å². The summed E-state index contributed by atoms with van der Waals surface area (Å²) in [4.78, 5) is 0. The Balaban J connectivity index is 2.43. The number of benzene rings is 3. The van der Waals surface area contributed by atoms with Gasteiger partial charge in [0, 0.05) is 0 Å². The van der Waals surface area contributed by atoms with Crippen LogP contribution in [0, 0.1) is 27.7 Å². The van der Waals surface area contributed by atoms with Crippen molar-refractivity contribution >= 4 is 21.5 Å². The molecule has 0 aliphatic rings. The van der Waals surface area contributed by atoms with Crippen molar-refractivity contribution in [3.63, 3.8) is 0 Å². The Morgan fingerprint density at radius 2 is 0.611 bits per heavy atom. The van der Waals surface area contributed by atoms with Gasteiger partial charge in [-0.05, 0) is 83.6 Å². The predicted octanol–water partition coefficient (Wildman–Crippen LogP) is 5.23. The lowest BCUT2D eigenvalue weighted by molar-refractivity contribution is 1.36. The second kappa shape index (κ2) is 3.84. The standard InChI is InChI=1S/C18H18/c1-11-5-15-9-17-7-13(3)14(4)8-18(17)10-16(15)6-12(11)2/h5-10H,1-4H3. The smallest absolute Gasteiger partial charge is 0.0175 e. The van der Waals surface area contributed by atoms with Crippen molar-refractivity contribution in [3.05, 3.63) is 58.7 Å². The van der Waals surface area contributed by atoms with Gasteiger partial charge in [-0.2, -0.15) is 0 Å². The van der Waals surface area contributed by atoms with Gasteiger partial charge >= 0.3 is 0 Å². The molecule has 0 spiro atoms. The van der Waals surface area contributed by atoms with Crippen molar-refractivity contribution in [2.45, 2.75) is 27.7 Å². The Hall–Kier alpha value is -1.82. The third kappa shape index (κ3) is 1.69. The summed E-state index contributed by atoms with van der Waals surface area (Å²) in [6, 6.07) is 13.8. The van der Waals surface area contributed by atoms with Gasteiger partial charge in [0.05, 0.1) is 0 Å². The van der Waals surface area contributed by atoms with Crippen LogP contribution in [0.4, 0.5) is 0 Å². The molecule has 0 atom stereocenters. The fourth-order valence-electron chi connectivity index (χ4n) is 2.56. The first-order valence-corrected chi connectivity index (χ1v) is 6.46. The van der Waals surface area contributed by atoms with Gasteiger partial charge in [0.2, 0.25) is 0 Å². The molecule has 0 saturated heterocycles. The van der Waals surface area contributed by atoms with Gasteiger partial charge in [0.15, 0.2) is 0 Å². The van der Waals surface area contributed by atoms with E-state index in [4.69, 9.17) is 0 Å². The fraction of sp³-hybridized carbons (Fsp3) is 0.222. The quantitative estimate of drug-likeness (QED) is 0.467. The van der Waals surface area contributed by atoms with Gasteiger partial charge < -0.3 is 0 Å². The molecule has 0 aromatic heterocycles. The molecule has 0 aliphatic heterocycles. The molecule has 90 valence electrons. The molecule has 3 aromatic rings. The molecule has 0 fully saturated rings. The van der Waals surface area contributed by atoms with E-state index in [9.17, 15) is 0 Å². The first kappa shape index (κ1) is 11.3. The van der Waals surface area contributed by atoms with E-state index in [0.717, 1.165) is 0 Å². The van der Waals surface area contributed by atoms with E-state index in [1.807, 2.05) is 0 Å². The highest BCUT2D eigenvalue weighted by atomic mass is 14.1. The molecule has 3 rings (SSSR count). The average molecular weight is 234 g/mol. The first-order chi connectivity index (χ1) is 8.54. The van der Waals surface area contributed by atoms with Crippen LogP contribution >= 0.6 is 0 Å². The van der Waals surface area contributed by atoms with Crippen molar-refractivity contribution in [2.24, 2.45) is 0 Å². The zero-order chi connectivity index (χ0) is 12.9. The lowest BCUT2D eigenvalue weighted by Crippen LogP contribution is -1.85. The Bertz CT molecular complexity index is 635. The summed E-state index contributed by atoms with van der Waals surface area (Å²) in [6.45, 7) is 8.72. The molecule has 0 saturated carbocycles. The summed E-state index contributed by atoms with van der Waals surface area (Å²) in [6.07, 6.45) is 0. The van der Waals surface area contributed by atoms with Crippen LogP contribution in [-0.2, 0) is 0 Å². The zero-order valence-electron chi connectivity index (χ0n) is 11.5. The highest BCUT2D eigenvalue weighted by Gasteiger charge is 2.02. The van der Waals surface area contributed by atoms with Crippen LogP contribution in [0.2, 0.25) is 0 Å². The normalized spacial score (nSPS) is 11.3. The second-order valence-electron chi connectivity index (χ2n) is 5.42. The van der Waals surface area contributed by atoms with E-state index in [-0.39, 0.29) is 0 Å². The monoisotopic (exact) mass is 234 g/mol. The fourth-order valence-corrected chi connectivity index (χ4v) is 2.56. The lowest BCUT2D eigenvalue weighted by Gasteiger charge is -2.08. The van der Waals surface area contributed by atoms with Gasteiger partial charge in [0.25, 0.3) is 0 Å². The number of hydrogen-bond acceptors (Lipinski definition) is 0. The maximum absolute atomic E-state index is 2.31. The molecule has 0 bridgehead atoms. The van der Waals surface area contributed by atoms with Crippen molar-refractivity contribution in [3.8, 4) is 0 Å². The van der Waals surface area contributed by atoms with Gasteiger partial charge in [-0.3, -0.25) is 0 Å². The molecule has 0 aliphatic carbocycles. The maximum Gasteiger partial charge on any atom is -0.0175 e. The lowest BCUT2D eigenvalue weighted by atomic mass is 9.96. The molecular weight excluding hydrogens is 216 g/mol. The molecule has 0 nitrogen and oxygen atoms in total. The minimum absolute atomic E-state index is 1.34. The van der Waals surface area contributed by atoms with E-state index in [2.05, 4.69) is 64.1 Å². The van der Waals surface area contributed by atoms with Crippen LogP contribution in [0.5, 0.6) is 0 Å². The summed E-state index contributed by atoms with van der Waals surface area (Å²) in [5.74, 6) is 0. The summed E-state index contributed by atoms with van der Waals surface area (Å²) in [7, 11) is 0. The van der Waals surface area contributed by atoms with Gasteiger partial charge in [-0.25, -0.2) is 0 Å². The number of aryl methyl sites for hydroxylation is 4. The van der Waals surface area contributed by atoms with E-state index in [1.165, 1.54) is 43.8 Å². The Morgan fingerprint density at radius 1 is 0.389 bits per heavy atom. The molecule has 0 heterocycles. The Labute approximate surface area is 108 Å². The van der Waals surface area contributed by atoms with E-state index >= 15 is 0 Å². The van der Waals surface area contributed by atoms with Crippen LogP contribution in [0.15, 0.2) is 36.4 Å². The van der Waals surface area contributed by atoms with E-state index in [0.29, 0.717) is 0 Å². The average Bonchev–Trinajstić information content (AvgIpc) is 2.31. The predicted molar refractivity (Wildman–Crippen MR) is 80.4 cm³/mol. The minimum Gasteiger partial charge on any atom is -0.0512 e. The van der Waals surface area contributed by atoms with Crippen molar-refractivity contribution in [1.82, 2.24) is 0 Å². The van der Waals surface area contributed by atoms with Gasteiger partial charge in [0.1, 0.15) is 0 Å². The van der Waals surface area contributed by atoms with Crippen LogP contribution in [0.25, 0.3) is 21.5 Å². The summed E-state index contributed by atoms with van der Waals surface area (Å²) in [5, 5.41) is 5.37. The summed E-state index contributed by atoms with van der Waals surface area (Å²) in [5.41, 5.74) is 5.47. The summed E-state index contributed by atoms with van der Waals surface area (Å²) >= 11 is 0. The third-order valence-electron chi connectivity index (χ3n) is 4.02. The van der Waals surface area contributed by atoms with E-state index in [1.54, 1.807) is 0 Å². The van der Waals surface area contributed by atoms with Crippen LogP contribution in [0.1, 0.15) is 22.3 Å². The van der Waals surface area contributed by atoms with Crippen molar-refractivity contribution in [1.29, 1.82) is 0 Å². The van der Waals surface area contributed by atoms with E-state index < -0.39 is 0 Å². The third-order valence-corrected chi connectivity index (χ3v) is 4.02. The Kier molecular flexibility index (Phi) is 2.41. The topological polar surface area (TPSA) is 0 Å². The molecule has 0 radical (unpaired) electrons. The molecular formula is C18H18. The number of hydrogen-bond donors (Lipinski definition) is 0. The largest absolute Gasteiger partial charge is 0.0512 e. The molecule has 0 amide bonds. The molecule has 0 N–H and O–H groups in total. The molecule has 0 heteroatoms.